The monoisotopic (exact) mass is 397 g/mol. The van der Waals surface area contributed by atoms with Crippen molar-refractivity contribution in [2.75, 3.05) is 5.32 Å². The summed E-state index contributed by atoms with van der Waals surface area (Å²) in [5, 5.41) is 1.76. The van der Waals surface area contributed by atoms with Crippen LogP contribution in [-0.2, 0) is 4.79 Å². The molecule has 2 heterocycles. The number of alkyl halides is 1. The molecular formula is C21H14ClF2N3O. The van der Waals surface area contributed by atoms with Gasteiger partial charge in [-0.3, -0.25) is 9.20 Å². The molecule has 0 aliphatic heterocycles. The Bertz CT molecular complexity index is 1160. The van der Waals surface area contributed by atoms with Gasteiger partial charge in [-0.15, -0.1) is 11.6 Å². The van der Waals surface area contributed by atoms with E-state index in [0.29, 0.717) is 11.2 Å². The maximum atomic E-state index is 14.4. The number of carbonyl (C=O) groups is 1. The van der Waals surface area contributed by atoms with E-state index in [1.165, 1.54) is 0 Å². The molecule has 4 aromatic rings. The number of pyridine rings is 1. The average Bonchev–Trinajstić information content (AvgIpc) is 3.08. The Hall–Kier alpha value is -3.25. The van der Waals surface area contributed by atoms with Crippen molar-refractivity contribution in [2.24, 2.45) is 0 Å². The first-order valence-corrected chi connectivity index (χ1v) is 8.90. The summed E-state index contributed by atoms with van der Waals surface area (Å²) >= 11 is 6.30. The van der Waals surface area contributed by atoms with Crippen molar-refractivity contribution in [2.45, 2.75) is 5.38 Å². The number of aromatic nitrogens is 2. The zero-order valence-corrected chi connectivity index (χ0v) is 15.2. The lowest BCUT2D eigenvalue weighted by Gasteiger charge is -2.12. The molecule has 7 heteroatoms. The van der Waals surface area contributed by atoms with Gasteiger partial charge in [-0.1, -0.05) is 36.4 Å². The van der Waals surface area contributed by atoms with E-state index in [-0.39, 0.29) is 17.1 Å². The fraction of sp³-hybridized carbons (Fsp3) is 0.0476. The average molecular weight is 398 g/mol. The van der Waals surface area contributed by atoms with E-state index >= 15 is 0 Å². The number of anilines is 1. The van der Waals surface area contributed by atoms with Crippen LogP contribution in [0.15, 0.2) is 72.9 Å². The minimum Gasteiger partial charge on any atom is -0.308 e. The van der Waals surface area contributed by atoms with E-state index < -0.39 is 22.9 Å². The molecular weight excluding hydrogens is 384 g/mol. The Labute approximate surface area is 164 Å². The Morgan fingerprint density at radius 2 is 1.79 bits per heavy atom. The number of hydrogen-bond donors (Lipinski definition) is 1. The largest absolute Gasteiger partial charge is 0.308 e. The zero-order valence-electron chi connectivity index (χ0n) is 14.4. The normalized spacial score (nSPS) is 12.1. The lowest BCUT2D eigenvalue weighted by atomic mass is 10.1. The van der Waals surface area contributed by atoms with Gasteiger partial charge in [-0.2, -0.15) is 0 Å². The molecule has 4 rings (SSSR count). The highest BCUT2D eigenvalue weighted by Crippen LogP contribution is 2.32. The molecule has 4 nitrogen and oxygen atoms in total. The van der Waals surface area contributed by atoms with Crippen LogP contribution in [-0.4, -0.2) is 15.3 Å². The van der Waals surface area contributed by atoms with Crippen LogP contribution in [0, 0.1) is 11.6 Å². The lowest BCUT2D eigenvalue weighted by molar-refractivity contribution is -0.116. The van der Waals surface area contributed by atoms with Crippen LogP contribution < -0.4 is 5.32 Å². The van der Waals surface area contributed by atoms with Crippen molar-refractivity contribution in [3.05, 3.63) is 90.1 Å². The number of hydrogen-bond acceptors (Lipinski definition) is 2. The van der Waals surface area contributed by atoms with Gasteiger partial charge in [-0.05, 0) is 35.9 Å². The van der Waals surface area contributed by atoms with Gasteiger partial charge in [0.05, 0.1) is 0 Å². The van der Waals surface area contributed by atoms with Crippen molar-refractivity contribution in [3.63, 3.8) is 0 Å². The summed E-state index contributed by atoms with van der Waals surface area (Å²) in [5.74, 6) is -1.54. The number of carbonyl (C=O) groups excluding carboxylic acids is 1. The highest BCUT2D eigenvalue weighted by atomic mass is 35.5. The minimum atomic E-state index is -0.958. The van der Waals surface area contributed by atoms with Crippen LogP contribution in [0.3, 0.4) is 0 Å². The van der Waals surface area contributed by atoms with Crippen LogP contribution in [0.1, 0.15) is 10.9 Å². The molecule has 1 amide bonds. The van der Waals surface area contributed by atoms with E-state index in [4.69, 9.17) is 11.6 Å². The second-order valence-corrected chi connectivity index (χ2v) is 6.56. The topological polar surface area (TPSA) is 46.4 Å². The predicted molar refractivity (Wildman–Crippen MR) is 104 cm³/mol. The van der Waals surface area contributed by atoms with Crippen LogP contribution in [0.5, 0.6) is 0 Å². The van der Waals surface area contributed by atoms with Crippen LogP contribution >= 0.6 is 11.6 Å². The molecule has 1 atom stereocenters. The molecule has 0 saturated heterocycles. The van der Waals surface area contributed by atoms with Gasteiger partial charge in [0.1, 0.15) is 34.2 Å². The number of nitrogens with one attached hydrogen (secondary N) is 1. The fourth-order valence-corrected chi connectivity index (χ4v) is 3.14. The quantitative estimate of drug-likeness (QED) is 0.481. The summed E-state index contributed by atoms with van der Waals surface area (Å²) < 4.78 is 29.7. The van der Waals surface area contributed by atoms with Crippen molar-refractivity contribution in [1.82, 2.24) is 9.38 Å². The molecule has 0 radical (unpaired) electrons. The number of halogens is 3. The first kappa shape index (κ1) is 18.1. The summed E-state index contributed by atoms with van der Waals surface area (Å²) in [5.41, 5.74) is 1.16. The SMILES string of the molecule is O=C(Nc1c(-c2cc(F)ccc2F)nc2ccccn12)[C@@H](Cl)c1ccccc1. The molecule has 2 aromatic carbocycles. The standard InChI is InChI=1S/C21H14ClF2N3O/c22-18(13-6-2-1-3-7-13)21(28)26-20-19(15-12-14(23)9-10-16(15)24)25-17-8-4-5-11-27(17)20/h1-12,18H,(H,26,28)/t18-/m0/s1. The Balaban J connectivity index is 1.80. The van der Waals surface area contributed by atoms with Crippen molar-refractivity contribution in [3.8, 4) is 11.3 Å². The molecule has 2 aromatic heterocycles. The van der Waals surface area contributed by atoms with Crippen LogP contribution in [0.4, 0.5) is 14.6 Å². The van der Waals surface area contributed by atoms with Crippen molar-refractivity contribution in [1.29, 1.82) is 0 Å². The number of benzene rings is 2. The number of fused-ring (bicyclic) bond motifs is 1. The highest BCUT2D eigenvalue weighted by molar-refractivity contribution is 6.32. The first-order chi connectivity index (χ1) is 13.5. The third-order valence-electron chi connectivity index (χ3n) is 4.28. The minimum absolute atomic E-state index is 0.0511. The fourth-order valence-electron chi connectivity index (χ4n) is 2.94. The highest BCUT2D eigenvalue weighted by Gasteiger charge is 2.23. The van der Waals surface area contributed by atoms with Crippen molar-refractivity contribution >= 4 is 29.0 Å². The lowest BCUT2D eigenvalue weighted by Crippen LogP contribution is -2.19. The van der Waals surface area contributed by atoms with Crippen LogP contribution in [0.2, 0.25) is 0 Å². The first-order valence-electron chi connectivity index (χ1n) is 8.47. The Morgan fingerprint density at radius 1 is 1.04 bits per heavy atom. The molecule has 0 fully saturated rings. The van der Waals surface area contributed by atoms with Gasteiger partial charge < -0.3 is 5.32 Å². The number of nitrogens with zero attached hydrogens (tertiary/aromatic N) is 2. The van der Waals surface area contributed by atoms with E-state index in [9.17, 15) is 13.6 Å². The van der Waals surface area contributed by atoms with Crippen LogP contribution in [0.25, 0.3) is 16.9 Å². The zero-order chi connectivity index (χ0) is 19.7. The summed E-state index contributed by atoms with van der Waals surface area (Å²) in [4.78, 5) is 17.1. The second-order valence-electron chi connectivity index (χ2n) is 6.12. The Morgan fingerprint density at radius 3 is 2.57 bits per heavy atom. The number of imidazole rings is 1. The maximum absolute atomic E-state index is 14.4. The van der Waals surface area contributed by atoms with E-state index in [1.807, 2.05) is 6.07 Å². The van der Waals surface area contributed by atoms with Gasteiger partial charge in [0.25, 0.3) is 0 Å². The molecule has 140 valence electrons. The molecule has 1 N–H and O–H groups in total. The maximum Gasteiger partial charge on any atom is 0.248 e. The molecule has 0 aliphatic rings. The molecule has 0 aliphatic carbocycles. The smallest absolute Gasteiger partial charge is 0.248 e. The molecule has 0 saturated carbocycles. The van der Waals surface area contributed by atoms with E-state index in [2.05, 4.69) is 10.3 Å². The van der Waals surface area contributed by atoms with E-state index in [0.717, 1.165) is 18.2 Å². The van der Waals surface area contributed by atoms with Gasteiger partial charge in [0.2, 0.25) is 5.91 Å². The molecule has 0 unspecified atom stereocenters. The molecule has 28 heavy (non-hydrogen) atoms. The summed E-state index contributed by atoms with van der Waals surface area (Å²) in [6.07, 6.45) is 1.67. The van der Waals surface area contributed by atoms with Gasteiger partial charge in [0, 0.05) is 11.8 Å². The van der Waals surface area contributed by atoms with Gasteiger partial charge in [0.15, 0.2) is 0 Å². The number of amides is 1. The van der Waals surface area contributed by atoms with Crippen molar-refractivity contribution < 1.29 is 13.6 Å². The summed E-state index contributed by atoms with van der Waals surface area (Å²) in [6.45, 7) is 0. The second kappa shape index (κ2) is 7.40. The third-order valence-corrected chi connectivity index (χ3v) is 4.73. The third kappa shape index (κ3) is 3.34. The Kier molecular flexibility index (Phi) is 4.79. The van der Waals surface area contributed by atoms with Gasteiger partial charge >= 0.3 is 0 Å². The number of rotatable bonds is 4. The summed E-state index contributed by atoms with van der Waals surface area (Å²) in [6, 6.07) is 17.1. The summed E-state index contributed by atoms with van der Waals surface area (Å²) in [7, 11) is 0. The molecule has 0 spiro atoms. The van der Waals surface area contributed by atoms with E-state index in [1.54, 1.807) is 53.1 Å². The predicted octanol–water partition coefficient (Wildman–Crippen LogP) is 5.20. The van der Waals surface area contributed by atoms with Gasteiger partial charge in [-0.25, -0.2) is 13.8 Å². The molecule has 0 bridgehead atoms.